The van der Waals surface area contributed by atoms with Gasteiger partial charge in [-0.1, -0.05) is 18.2 Å². The maximum Gasteiger partial charge on any atom is 0.449 e. The number of aromatic nitrogens is 5. The molecule has 1 aromatic carbocycles. The van der Waals surface area contributed by atoms with Crippen LogP contribution in [0.15, 0.2) is 42.9 Å². The van der Waals surface area contributed by atoms with Gasteiger partial charge in [0.25, 0.3) is 0 Å². The summed E-state index contributed by atoms with van der Waals surface area (Å²) in [6.45, 7) is 0.0909. The third-order valence-corrected chi connectivity index (χ3v) is 4.54. The van der Waals surface area contributed by atoms with Gasteiger partial charge in [-0.15, -0.1) is 10.2 Å². The molecule has 1 amide bonds. The standard InChI is InChI=1S/C17H15F3N6O/c18-17(19,20)15-21-9-13-8-11(6-7-25(13)15)14(27)23-16-24-22-10-26(16)12-4-2-1-3-5-12/h1-5,9-11H,6-8H2,(H,23,24,27)/t11-/m0/s1. The second-order valence-electron chi connectivity index (χ2n) is 6.26. The van der Waals surface area contributed by atoms with Crippen LogP contribution in [0.25, 0.3) is 5.69 Å². The van der Waals surface area contributed by atoms with Gasteiger partial charge in [0.2, 0.25) is 17.7 Å². The molecule has 140 valence electrons. The van der Waals surface area contributed by atoms with Crippen molar-refractivity contribution in [3.05, 3.63) is 54.4 Å². The van der Waals surface area contributed by atoms with Crippen molar-refractivity contribution in [2.45, 2.75) is 25.6 Å². The maximum absolute atomic E-state index is 12.9. The lowest BCUT2D eigenvalue weighted by Crippen LogP contribution is -2.32. The van der Waals surface area contributed by atoms with Crippen LogP contribution in [0.2, 0.25) is 0 Å². The number of hydrogen-bond acceptors (Lipinski definition) is 4. The number of alkyl halides is 3. The van der Waals surface area contributed by atoms with Crippen molar-refractivity contribution in [2.24, 2.45) is 5.92 Å². The summed E-state index contributed by atoms with van der Waals surface area (Å²) < 4.78 is 41.6. The van der Waals surface area contributed by atoms with Gasteiger partial charge < -0.3 is 4.57 Å². The molecule has 0 fully saturated rings. The molecule has 0 bridgehead atoms. The largest absolute Gasteiger partial charge is 0.449 e. The van der Waals surface area contributed by atoms with Crippen molar-refractivity contribution >= 4 is 11.9 Å². The lowest BCUT2D eigenvalue weighted by molar-refractivity contribution is -0.147. The zero-order valence-corrected chi connectivity index (χ0v) is 14.0. The minimum Gasteiger partial charge on any atom is -0.324 e. The summed E-state index contributed by atoms with van der Waals surface area (Å²) in [5.74, 6) is -1.42. The van der Waals surface area contributed by atoms with Crippen molar-refractivity contribution in [2.75, 3.05) is 5.32 Å². The molecule has 0 unspecified atom stereocenters. The number of halogens is 3. The first-order valence-electron chi connectivity index (χ1n) is 8.31. The van der Waals surface area contributed by atoms with Gasteiger partial charge in [0.15, 0.2) is 0 Å². The highest BCUT2D eigenvalue weighted by atomic mass is 19.4. The number of carbonyl (C=O) groups excluding carboxylic acids is 1. The highest BCUT2D eigenvalue weighted by molar-refractivity contribution is 5.91. The fraction of sp³-hybridized carbons (Fsp3) is 0.294. The highest BCUT2D eigenvalue weighted by Crippen LogP contribution is 2.32. The first-order chi connectivity index (χ1) is 12.9. The Bertz CT molecular complexity index is 963. The molecule has 27 heavy (non-hydrogen) atoms. The Hall–Kier alpha value is -3.17. The van der Waals surface area contributed by atoms with Gasteiger partial charge in [-0.3, -0.25) is 14.7 Å². The number of carbonyl (C=O) groups is 1. The van der Waals surface area contributed by atoms with Crippen LogP contribution in [0.4, 0.5) is 19.1 Å². The number of nitrogens with zero attached hydrogens (tertiary/aromatic N) is 5. The van der Waals surface area contributed by atoms with E-state index in [-0.39, 0.29) is 31.2 Å². The van der Waals surface area contributed by atoms with Crippen LogP contribution < -0.4 is 5.32 Å². The first-order valence-corrected chi connectivity index (χ1v) is 8.31. The van der Waals surface area contributed by atoms with Crippen molar-refractivity contribution in [3.63, 3.8) is 0 Å². The van der Waals surface area contributed by atoms with Gasteiger partial charge in [0, 0.05) is 30.8 Å². The van der Waals surface area contributed by atoms with Crippen molar-refractivity contribution in [3.8, 4) is 5.69 Å². The number of para-hydroxylation sites is 1. The van der Waals surface area contributed by atoms with Crippen LogP contribution in [0.3, 0.4) is 0 Å². The average Bonchev–Trinajstić information content (AvgIpc) is 3.28. The predicted molar refractivity (Wildman–Crippen MR) is 89.0 cm³/mol. The van der Waals surface area contributed by atoms with Crippen LogP contribution in [0, 0.1) is 5.92 Å². The van der Waals surface area contributed by atoms with Crippen LogP contribution >= 0.6 is 0 Å². The van der Waals surface area contributed by atoms with E-state index in [1.807, 2.05) is 30.3 Å². The van der Waals surface area contributed by atoms with E-state index in [9.17, 15) is 18.0 Å². The van der Waals surface area contributed by atoms with E-state index in [2.05, 4.69) is 20.5 Å². The minimum absolute atomic E-state index is 0.0909. The van der Waals surface area contributed by atoms with Gasteiger partial charge in [-0.2, -0.15) is 13.2 Å². The van der Waals surface area contributed by atoms with Gasteiger partial charge in [-0.05, 0) is 18.6 Å². The molecule has 0 aliphatic carbocycles. The molecule has 0 radical (unpaired) electrons. The van der Waals surface area contributed by atoms with Gasteiger partial charge in [-0.25, -0.2) is 4.98 Å². The predicted octanol–water partition coefficient (Wildman–Crippen LogP) is 2.68. The molecule has 1 aliphatic heterocycles. The lowest BCUT2D eigenvalue weighted by atomic mass is 9.95. The molecule has 0 saturated carbocycles. The number of hydrogen-bond donors (Lipinski definition) is 1. The van der Waals surface area contributed by atoms with Gasteiger partial charge in [0.05, 0.1) is 5.69 Å². The van der Waals surface area contributed by atoms with E-state index in [4.69, 9.17) is 0 Å². The number of nitrogens with one attached hydrogen (secondary N) is 1. The number of amides is 1. The molecule has 7 nitrogen and oxygen atoms in total. The molecular formula is C17H15F3N6O. The Morgan fingerprint density at radius 1 is 1.22 bits per heavy atom. The smallest absolute Gasteiger partial charge is 0.324 e. The molecular weight excluding hydrogens is 361 g/mol. The van der Waals surface area contributed by atoms with Crippen molar-refractivity contribution < 1.29 is 18.0 Å². The zero-order valence-electron chi connectivity index (χ0n) is 14.0. The Labute approximate surface area is 151 Å². The van der Waals surface area contributed by atoms with E-state index in [0.29, 0.717) is 5.69 Å². The number of rotatable bonds is 3. The Kier molecular flexibility index (Phi) is 4.17. The number of anilines is 1. The van der Waals surface area contributed by atoms with Gasteiger partial charge >= 0.3 is 6.18 Å². The molecule has 2 aromatic heterocycles. The number of imidazole rings is 1. The van der Waals surface area contributed by atoms with Crippen molar-refractivity contribution in [1.29, 1.82) is 0 Å². The average molecular weight is 376 g/mol. The summed E-state index contributed by atoms with van der Waals surface area (Å²) >= 11 is 0. The Morgan fingerprint density at radius 3 is 2.74 bits per heavy atom. The van der Waals surface area contributed by atoms with Crippen molar-refractivity contribution in [1.82, 2.24) is 24.3 Å². The summed E-state index contributed by atoms with van der Waals surface area (Å²) in [7, 11) is 0. The minimum atomic E-state index is -4.50. The Balaban J connectivity index is 1.50. The van der Waals surface area contributed by atoms with E-state index in [1.54, 1.807) is 4.57 Å². The maximum atomic E-state index is 12.9. The summed E-state index contributed by atoms with van der Waals surface area (Å²) in [5.41, 5.74) is 1.19. The number of fused-ring (bicyclic) bond motifs is 1. The molecule has 1 aliphatic rings. The second kappa shape index (κ2) is 6.53. The Morgan fingerprint density at radius 2 is 2.00 bits per heavy atom. The fourth-order valence-corrected chi connectivity index (χ4v) is 3.22. The molecule has 0 spiro atoms. The number of benzene rings is 1. The van der Waals surface area contributed by atoms with Crippen LogP contribution in [0.1, 0.15) is 17.9 Å². The quantitative estimate of drug-likeness (QED) is 0.762. The molecule has 3 aromatic rings. The van der Waals surface area contributed by atoms with Crippen LogP contribution in [-0.4, -0.2) is 30.2 Å². The zero-order chi connectivity index (χ0) is 19.0. The third-order valence-electron chi connectivity index (χ3n) is 4.54. The van der Waals surface area contributed by atoms with E-state index >= 15 is 0 Å². The van der Waals surface area contributed by atoms with Crippen LogP contribution in [-0.2, 0) is 23.9 Å². The van der Waals surface area contributed by atoms with E-state index in [0.717, 1.165) is 10.3 Å². The highest BCUT2D eigenvalue weighted by Gasteiger charge is 2.39. The second-order valence-corrected chi connectivity index (χ2v) is 6.26. The molecule has 1 N–H and O–H groups in total. The SMILES string of the molecule is O=C(Nc1nncn1-c1ccccc1)[C@H]1CCn2c(cnc2C(F)(F)F)C1. The summed E-state index contributed by atoms with van der Waals surface area (Å²) in [5, 5.41) is 10.5. The van der Waals surface area contributed by atoms with Gasteiger partial charge in [0.1, 0.15) is 6.33 Å². The molecule has 1 atom stereocenters. The van der Waals surface area contributed by atoms with E-state index in [1.165, 1.54) is 12.5 Å². The lowest BCUT2D eigenvalue weighted by Gasteiger charge is -2.24. The first kappa shape index (κ1) is 17.3. The molecule has 10 heteroatoms. The van der Waals surface area contributed by atoms with E-state index < -0.39 is 17.9 Å². The summed E-state index contributed by atoms with van der Waals surface area (Å²) in [6.07, 6.45) is -1.35. The molecule has 3 heterocycles. The normalized spacial score (nSPS) is 16.8. The topological polar surface area (TPSA) is 77.6 Å². The fourth-order valence-electron chi connectivity index (χ4n) is 3.22. The summed E-state index contributed by atoms with van der Waals surface area (Å²) in [4.78, 5) is 16.1. The third kappa shape index (κ3) is 3.29. The monoisotopic (exact) mass is 376 g/mol. The molecule has 0 saturated heterocycles. The summed E-state index contributed by atoms with van der Waals surface area (Å²) in [6, 6.07) is 9.25. The molecule has 4 rings (SSSR count). The van der Waals surface area contributed by atoms with Crippen LogP contribution in [0.5, 0.6) is 0 Å².